The van der Waals surface area contributed by atoms with E-state index in [0.29, 0.717) is 5.75 Å². The van der Waals surface area contributed by atoms with Gasteiger partial charge in [-0.05, 0) is 19.1 Å². The molecule has 0 heterocycles. The van der Waals surface area contributed by atoms with Gasteiger partial charge in [-0.2, -0.15) is 0 Å². The van der Waals surface area contributed by atoms with Gasteiger partial charge in [-0.25, -0.2) is 8.42 Å². The Hall–Kier alpha value is -1.07. The topological polar surface area (TPSA) is 63.6 Å². The Bertz CT molecular complexity index is 436. The van der Waals surface area contributed by atoms with Crippen molar-refractivity contribution >= 4 is 9.84 Å². The standard InChI is InChI=1S/C12H18O4S/c1-3-17(14,15)9-11(13)8-16-12-6-4-10(2)5-7-12/h4-7,11,13H,3,8-9H2,1-2H3. The molecule has 0 saturated heterocycles. The van der Waals surface area contributed by atoms with Crippen molar-refractivity contribution in [2.75, 3.05) is 18.1 Å². The Kier molecular flexibility index (Phi) is 4.96. The Morgan fingerprint density at radius 3 is 2.41 bits per heavy atom. The maximum Gasteiger partial charge on any atom is 0.152 e. The van der Waals surface area contributed by atoms with Crippen LogP contribution in [0.25, 0.3) is 0 Å². The van der Waals surface area contributed by atoms with Crippen LogP contribution in [0, 0.1) is 6.92 Å². The highest BCUT2D eigenvalue weighted by molar-refractivity contribution is 7.91. The molecule has 0 amide bonds. The van der Waals surface area contributed by atoms with Gasteiger partial charge in [-0.3, -0.25) is 0 Å². The number of aryl methyl sites for hydroxylation is 1. The van der Waals surface area contributed by atoms with Gasteiger partial charge in [0.2, 0.25) is 0 Å². The molecular weight excluding hydrogens is 240 g/mol. The summed E-state index contributed by atoms with van der Waals surface area (Å²) in [6.45, 7) is 3.51. The third-order valence-electron chi connectivity index (χ3n) is 2.35. The summed E-state index contributed by atoms with van der Waals surface area (Å²) in [5.74, 6) is 0.410. The van der Waals surface area contributed by atoms with Gasteiger partial charge < -0.3 is 9.84 Å². The number of rotatable bonds is 6. The zero-order chi connectivity index (χ0) is 12.9. The molecule has 1 atom stereocenters. The van der Waals surface area contributed by atoms with Crippen LogP contribution in [0.5, 0.6) is 5.75 Å². The van der Waals surface area contributed by atoms with Crippen molar-refractivity contribution in [3.8, 4) is 5.75 Å². The molecule has 1 N–H and O–H groups in total. The van der Waals surface area contributed by atoms with Crippen LogP contribution in [0.2, 0.25) is 0 Å². The normalized spacial score (nSPS) is 13.4. The molecule has 1 rings (SSSR count). The Morgan fingerprint density at radius 2 is 1.88 bits per heavy atom. The Labute approximate surface area is 102 Å². The number of aliphatic hydroxyl groups excluding tert-OH is 1. The zero-order valence-electron chi connectivity index (χ0n) is 10.1. The molecule has 0 radical (unpaired) electrons. The minimum atomic E-state index is -3.16. The minimum Gasteiger partial charge on any atom is -0.491 e. The van der Waals surface area contributed by atoms with Crippen LogP contribution in [-0.2, 0) is 9.84 Å². The van der Waals surface area contributed by atoms with Crippen LogP contribution in [0.3, 0.4) is 0 Å². The first-order valence-electron chi connectivity index (χ1n) is 5.51. The van der Waals surface area contributed by atoms with Gasteiger partial charge in [0.25, 0.3) is 0 Å². The molecule has 1 unspecified atom stereocenters. The monoisotopic (exact) mass is 258 g/mol. The summed E-state index contributed by atoms with van der Waals surface area (Å²) in [6.07, 6.45) is -0.985. The number of aliphatic hydroxyl groups is 1. The van der Waals surface area contributed by atoms with Crippen molar-refractivity contribution < 1.29 is 18.3 Å². The lowest BCUT2D eigenvalue weighted by Crippen LogP contribution is -2.27. The number of sulfone groups is 1. The van der Waals surface area contributed by atoms with Crippen LogP contribution < -0.4 is 4.74 Å². The molecule has 0 spiro atoms. The molecule has 96 valence electrons. The van der Waals surface area contributed by atoms with E-state index in [-0.39, 0.29) is 18.1 Å². The molecule has 17 heavy (non-hydrogen) atoms. The first-order valence-corrected chi connectivity index (χ1v) is 7.33. The maximum absolute atomic E-state index is 11.3. The third kappa shape index (κ3) is 5.19. The van der Waals surface area contributed by atoms with Gasteiger partial charge >= 0.3 is 0 Å². The van der Waals surface area contributed by atoms with E-state index in [1.165, 1.54) is 0 Å². The van der Waals surface area contributed by atoms with E-state index in [1.807, 2.05) is 19.1 Å². The molecule has 1 aromatic rings. The summed E-state index contributed by atoms with van der Waals surface area (Å²) in [6, 6.07) is 7.36. The van der Waals surface area contributed by atoms with E-state index in [9.17, 15) is 13.5 Å². The highest BCUT2D eigenvalue weighted by Gasteiger charge is 2.15. The van der Waals surface area contributed by atoms with E-state index < -0.39 is 15.9 Å². The molecule has 0 aliphatic heterocycles. The fraction of sp³-hybridized carbons (Fsp3) is 0.500. The fourth-order valence-electron chi connectivity index (χ4n) is 1.29. The van der Waals surface area contributed by atoms with E-state index >= 15 is 0 Å². The van der Waals surface area contributed by atoms with Crippen molar-refractivity contribution in [2.24, 2.45) is 0 Å². The first kappa shape index (κ1) is 14.0. The van der Waals surface area contributed by atoms with Crippen LogP contribution in [0.1, 0.15) is 12.5 Å². The lowest BCUT2D eigenvalue weighted by Gasteiger charge is -2.12. The second-order valence-corrected chi connectivity index (χ2v) is 6.37. The van der Waals surface area contributed by atoms with E-state index in [1.54, 1.807) is 19.1 Å². The first-order chi connectivity index (χ1) is 7.93. The second kappa shape index (κ2) is 6.02. The molecule has 0 bridgehead atoms. The van der Waals surface area contributed by atoms with E-state index in [4.69, 9.17) is 4.74 Å². The Balaban J connectivity index is 2.43. The van der Waals surface area contributed by atoms with Crippen molar-refractivity contribution in [1.29, 1.82) is 0 Å². The minimum absolute atomic E-state index is 0.0116. The van der Waals surface area contributed by atoms with Gasteiger partial charge in [0.1, 0.15) is 18.5 Å². The van der Waals surface area contributed by atoms with Crippen molar-refractivity contribution in [2.45, 2.75) is 20.0 Å². The summed E-state index contributed by atoms with van der Waals surface area (Å²) < 4.78 is 27.8. The predicted molar refractivity (Wildman–Crippen MR) is 67.0 cm³/mol. The lowest BCUT2D eigenvalue weighted by molar-refractivity contribution is 0.125. The highest BCUT2D eigenvalue weighted by atomic mass is 32.2. The smallest absolute Gasteiger partial charge is 0.152 e. The predicted octanol–water partition coefficient (Wildman–Crippen LogP) is 1.17. The SMILES string of the molecule is CCS(=O)(=O)CC(O)COc1ccc(C)cc1. The second-order valence-electron chi connectivity index (χ2n) is 3.98. The largest absolute Gasteiger partial charge is 0.491 e. The summed E-state index contributed by atoms with van der Waals surface area (Å²) in [4.78, 5) is 0. The van der Waals surface area contributed by atoms with Crippen molar-refractivity contribution in [1.82, 2.24) is 0 Å². The zero-order valence-corrected chi connectivity index (χ0v) is 10.9. The molecule has 4 nitrogen and oxygen atoms in total. The molecule has 1 aromatic carbocycles. The van der Waals surface area contributed by atoms with E-state index in [2.05, 4.69) is 0 Å². The summed E-state index contributed by atoms with van der Waals surface area (Å²) >= 11 is 0. The van der Waals surface area contributed by atoms with Gasteiger partial charge in [0, 0.05) is 5.75 Å². The third-order valence-corrected chi connectivity index (χ3v) is 4.12. The average Bonchev–Trinajstić information content (AvgIpc) is 2.28. The lowest BCUT2D eigenvalue weighted by atomic mass is 10.2. The van der Waals surface area contributed by atoms with E-state index in [0.717, 1.165) is 5.56 Å². The summed E-state index contributed by atoms with van der Waals surface area (Å²) in [5.41, 5.74) is 1.12. The molecule has 5 heteroatoms. The number of hydrogen-bond donors (Lipinski definition) is 1. The summed E-state index contributed by atoms with van der Waals surface area (Å²) in [7, 11) is -3.16. The van der Waals surface area contributed by atoms with Crippen LogP contribution in [0.4, 0.5) is 0 Å². The molecule has 0 saturated carbocycles. The quantitative estimate of drug-likeness (QED) is 0.832. The maximum atomic E-state index is 11.3. The molecule has 0 aromatic heterocycles. The van der Waals surface area contributed by atoms with Gasteiger partial charge in [0.05, 0.1) is 5.75 Å². The fourth-order valence-corrected chi connectivity index (χ4v) is 2.20. The highest BCUT2D eigenvalue weighted by Crippen LogP contribution is 2.11. The van der Waals surface area contributed by atoms with Crippen LogP contribution in [-0.4, -0.2) is 37.7 Å². The summed E-state index contributed by atoms with van der Waals surface area (Å²) in [5, 5.41) is 9.53. The number of benzene rings is 1. The number of hydrogen-bond acceptors (Lipinski definition) is 4. The number of ether oxygens (including phenoxy) is 1. The molecular formula is C12H18O4S. The van der Waals surface area contributed by atoms with Gasteiger partial charge in [-0.15, -0.1) is 0 Å². The molecule has 0 aliphatic rings. The Morgan fingerprint density at radius 1 is 1.29 bits per heavy atom. The van der Waals surface area contributed by atoms with Gasteiger partial charge in [-0.1, -0.05) is 24.6 Å². The molecule has 0 aliphatic carbocycles. The average molecular weight is 258 g/mol. The molecule has 0 fully saturated rings. The van der Waals surface area contributed by atoms with Crippen LogP contribution >= 0.6 is 0 Å². The van der Waals surface area contributed by atoms with Gasteiger partial charge in [0.15, 0.2) is 9.84 Å². The van der Waals surface area contributed by atoms with Crippen molar-refractivity contribution in [3.05, 3.63) is 29.8 Å². The van der Waals surface area contributed by atoms with Crippen LogP contribution in [0.15, 0.2) is 24.3 Å². The van der Waals surface area contributed by atoms with Crippen molar-refractivity contribution in [3.63, 3.8) is 0 Å².